The molecule has 0 aromatic carbocycles. The largest absolute Gasteiger partial charge is 0.478 e. The quantitative estimate of drug-likeness (QED) is 0.503. The van der Waals surface area contributed by atoms with E-state index < -0.39 is 12.1 Å². The Balaban J connectivity index is 2.17. The second-order valence-electron chi connectivity index (χ2n) is 2.83. The Labute approximate surface area is 63.1 Å². The minimum atomic E-state index is -0.960. The van der Waals surface area contributed by atoms with Crippen LogP contribution >= 0.6 is 0 Å². The lowest BCUT2D eigenvalue weighted by molar-refractivity contribution is -0.133. The summed E-state index contributed by atoms with van der Waals surface area (Å²) in [7, 11) is 0. The molecule has 1 fully saturated rings. The number of aliphatic carboxylic acids is 1. The first-order valence-electron chi connectivity index (χ1n) is 3.46. The van der Waals surface area contributed by atoms with Crippen molar-refractivity contribution in [2.75, 3.05) is 0 Å². The molecule has 11 heavy (non-hydrogen) atoms. The summed E-state index contributed by atoms with van der Waals surface area (Å²) in [6.45, 7) is 0. The summed E-state index contributed by atoms with van der Waals surface area (Å²) < 4.78 is 4.98. The van der Waals surface area contributed by atoms with Crippen LogP contribution in [0, 0.1) is 0 Å². The van der Waals surface area contributed by atoms with Crippen molar-refractivity contribution in [3.8, 4) is 0 Å². The molecule has 0 aromatic rings. The van der Waals surface area contributed by atoms with Gasteiger partial charge in [0.1, 0.15) is 12.2 Å². The van der Waals surface area contributed by atoms with Crippen LogP contribution in [0.2, 0.25) is 0 Å². The van der Waals surface area contributed by atoms with Crippen molar-refractivity contribution in [1.29, 1.82) is 0 Å². The molecule has 0 spiro atoms. The summed E-state index contributed by atoms with van der Waals surface area (Å²) in [6, 6.07) is 0. The number of carboxylic acids is 1. The molecule has 4 heteroatoms. The van der Waals surface area contributed by atoms with Gasteiger partial charge in [0.15, 0.2) is 0 Å². The predicted molar refractivity (Wildman–Crippen MR) is 35.0 cm³/mol. The van der Waals surface area contributed by atoms with E-state index in [0.717, 1.165) is 0 Å². The Morgan fingerprint density at radius 1 is 1.73 bits per heavy atom. The molecule has 0 radical (unpaired) electrons. The number of hydrogen-bond acceptors (Lipinski definition) is 3. The van der Waals surface area contributed by atoms with Gasteiger partial charge in [0.2, 0.25) is 0 Å². The molecule has 1 aliphatic heterocycles. The molecule has 1 aliphatic carbocycles. The maximum atomic E-state index is 10.4. The number of epoxide rings is 1. The van der Waals surface area contributed by atoms with Crippen molar-refractivity contribution < 1.29 is 19.7 Å². The molecule has 0 saturated carbocycles. The van der Waals surface area contributed by atoms with Crippen LogP contribution in [-0.2, 0) is 9.53 Å². The summed E-state index contributed by atoms with van der Waals surface area (Å²) >= 11 is 0. The minimum absolute atomic E-state index is 0.141. The van der Waals surface area contributed by atoms with Crippen LogP contribution in [0.1, 0.15) is 6.42 Å². The molecule has 0 aromatic heterocycles. The second kappa shape index (κ2) is 2.06. The van der Waals surface area contributed by atoms with Gasteiger partial charge in [-0.15, -0.1) is 0 Å². The fraction of sp³-hybridized carbons (Fsp3) is 0.571. The first-order chi connectivity index (χ1) is 5.18. The van der Waals surface area contributed by atoms with Gasteiger partial charge >= 0.3 is 5.97 Å². The first kappa shape index (κ1) is 6.82. The van der Waals surface area contributed by atoms with Gasteiger partial charge in [-0.25, -0.2) is 4.79 Å². The van der Waals surface area contributed by atoms with Crippen LogP contribution in [0.5, 0.6) is 0 Å². The van der Waals surface area contributed by atoms with E-state index in [1.54, 1.807) is 6.08 Å². The maximum absolute atomic E-state index is 10.4. The number of hydrogen-bond donors (Lipinski definition) is 2. The Bertz CT molecular complexity index is 233. The molecule has 2 rings (SSSR count). The minimum Gasteiger partial charge on any atom is -0.478 e. The molecule has 1 heterocycles. The molecule has 0 unspecified atom stereocenters. The molecule has 0 bridgehead atoms. The number of ether oxygens (including phenoxy) is 1. The molecular formula is C7H8O4. The van der Waals surface area contributed by atoms with Gasteiger partial charge in [0.25, 0.3) is 0 Å². The average molecular weight is 156 g/mol. The summed E-state index contributed by atoms with van der Waals surface area (Å²) in [6.07, 6.45) is 0.856. The van der Waals surface area contributed by atoms with Crippen molar-refractivity contribution in [2.45, 2.75) is 24.7 Å². The monoisotopic (exact) mass is 156 g/mol. The average Bonchev–Trinajstić information content (AvgIpc) is 2.66. The van der Waals surface area contributed by atoms with E-state index in [4.69, 9.17) is 9.84 Å². The fourth-order valence-corrected chi connectivity index (χ4v) is 1.35. The van der Waals surface area contributed by atoms with Gasteiger partial charge in [-0.3, -0.25) is 0 Å². The Kier molecular flexibility index (Phi) is 1.27. The number of aliphatic hydroxyl groups excluding tert-OH is 1. The molecule has 60 valence electrons. The lowest BCUT2D eigenvalue weighted by Crippen LogP contribution is -2.23. The van der Waals surface area contributed by atoms with E-state index in [1.807, 2.05) is 0 Å². The van der Waals surface area contributed by atoms with E-state index in [-0.39, 0.29) is 24.2 Å². The third kappa shape index (κ3) is 1.04. The number of carbonyl (C=O) groups is 1. The van der Waals surface area contributed by atoms with Crippen LogP contribution in [0.3, 0.4) is 0 Å². The van der Waals surface area contributed by atoms with Gasteiger partial charge in [-0.1, -0.05) is 0 Å². The Morgan fingerprint density at radius 2 is 2.45 bits per heavy atom. The van der Waals surface area contributed by atoms with E-state index in [0.29, 0.717) is 0 Å². The van der Waals surface area contributed by atoms with E-state index in [9.17, 15) is 9.90 Å². The normalized spacial score (nSPS) is 40.8. The smallest absolute Gasteiger partial charge is 0.331 e. The zero-order valence-electron chi connectivity index (χ0n) is 5.73. The highest BCUT2D eigenvalue weighted by atomic mass is 16.6. The lowest BCUT2D eigenvalue weighted by atomic mass is 9.97. The predicted octanol–water partition coefficient (Wildman–Crippen LogP) is -0.471. The van der Waals surface area contributed by atoms with Crippen molar-refractivity contribution >= 4 is 5.97 Å². The molecular weight excluding hydrogens is 148 g/mol. The van der Waals surface area contributed by atoms with Crippen molar-refractivity contribution in [2.24, 2.45) is 0 Å². The highest BCUT2D eigenvalue weighted by Gasteiger charge is 2.47. The SMILES string of the molecule is O=C(O)C1=C[C@@H]2O[C@@H]2[C@H](O)C1. The molecule has 1 saturated heterocycles. The topological polar surface area (TPSA) is 70.1 Å². The van der Waals surface area contributed by atoms with Gasteiger partial charge in [0, 0.05) is 12.0 Å². The summed E-state index contributed by atoms with van der Waals surface area (Å²) in [4.78, 5) is 10.4. The molecule has 0 amide bonds. The van der Waals surface area contributed by atoms with Gasteiger partial charge in [0.05, 0.1) is 6.10 Å². The lowest BCUT2D eigenvalue weighted by Gasteiger charge is -2.10. The summed E-state index contributed by atoms with van der Waals surface area (Å²) in [5.74, 6) is -0.960. The van der Waals surface area contributed by atoms with E-state index in [2.05, 4.69) is 0 Å². The number of fused-ring (bicyclic) bond motifs is 1. The third-order valence-corrected chi connectivity index (χ3v) is 2.01. The van der Waals surface area contributed by atoms with Gasteiger partial charge in [-0.05, 0) is 6.08 Å². The molecule has 2 aliphatic rings. The van der Waals surface area contributed by atoms with Gasteiger partial charge < -0.3 is 14.9 Å². The fourth-order valence-electron chi connectivity index (χ4n) is 1.35. The molecule has 4 nitrogen and oxygen atoms in total. The number of carboxylic acid groups (broad SMARTS) is 1. The van der Waals surface area contributed by atoms with Gasteiger partial charge in [-0.2, -0.15) is 0 Å². The standard InChI is InChI=1S/C7H8O4/c8-4-1-3(7(9)10)2-5-6(4)11-5/h2,4-6,8H,1H2,(H,9,10)/t4-,5+,6-/m1/s1. The van der Waals surface area contributed by atoms with Crippen LogP contribution in [0.25, 0.3) is 0 Å². The van der Waals surface area contributed by atoms with Crippen LogP contribution in [0.15, 0.2) is 11.6 Å². The van der Waals surface area contributed by atoms with E-state index >= 15 is 0 Å². The van der Waals surface area contributed by atoms with Crippen molar-refractivity contribution in [3.63, 3.8) is 0 Å². The number of aliphatic hydroxyl groups is 1. The second-order valence-corrected chi connectivity index (χ2v) is 2.83. The first-order valence-corrected chi connectivity index (χ1v) is 3.46. The maximum Gasteiger partial charge on any atom is 0.331 e. The van der Waals surface area contributed by atoms with Crippen molar-refractivity contribution in [3.05, 3.63) is 11.6 Å². The summed E-state index contributed by atoms with van der Waals surface area (Å²) in [5, 5.41) is 17.8. The Hall–Kier alpha value is -0.870. The highest BCUT2D eigenvalue weighted by Crippen LogP contribution is 2.35. The van der Waals surface area contributed by atoms with Crippen LogP contribution in [-0.4, -0.2) is 34.5 Å². The molecule has 2 N–H and O–H groups in total. The highest BCUT2D eigenvalue weighted by molar-refractivity contribution is 5.87. The zero-order chi connectivity index (χ0) is 8.01. The third-order valence-electron chi connectivity index (χ3n) is 2.01. The van der Waals surface area contributed by atoms with Crippen LogP contribution in [0.4, 0.5) is 0 Å². The van der Waals surface area contributed by atoms with E-state index in [1.165, 1.54) is 0 Å². The van der Waals surface area contributed by atoms with Crippen LogP contribution < -0.4 is 0 Å². The Morgan fingerprint density at radius 3 is 3.00 bits per heavy atom. The van der Waals surface area contributed by atoms with Crippen molar-refractivity contribution in [1.82, 2.24) is 0 Å². The summed E-state index contributed by atoms with van der Waals surface area (Å²) in [5.41, 5.74) is 0.260. The number of rotatable bonds is 1. The zero-order valence-corrected chi connectivity index (χ0v) is 5.73. The molecule has 3 atom stereocenters.